The minimum Gasteiger partial charge on any atom is -0.495 e. The van der Waals surface area contributed by atoms with E-state index < -0.39 is 0 Å². The second-order valence-electron chi connectivity index (χ2n) is 4.06. The van der Waals surface area contributed by atoms with Crippen LogP contribution in [0, 0.1) is 0 Å². The first-order valence-electron chi connectivity index (χ1n) is 5.82. The fourth-order valence-electron chi connectivity index (χ4n) is 1.88. The topological polar surface area (TPSA) is 37.4 Å². The zero-order valence-corrected chi connectivity index (χ0v) is 9.94. The van der Waals surface area contributed by atoms with Crippen molar-refractivity contribution in [1.29, 1.82) is 0 Å². The number of nitrogens with zero attached hydrogens (tertiary/aromatic N) is 2. The summed E-state index contributed by atoms with van der Waals surface area (Å²) in [6.07, 6.45) is 2.92. The highest BCUT2D eigenvalue weighted by atomic mass is 16.5. The van der Waals surface area contributed by atoms with Crippen LogP contribution in [0.1, 0.15) is 13.3 Å². The lowest BCUT2D eigenvalue weighted by molar-refractivity contribution is 0.405. The van der Waals surface area contributed by atoms with E-state index in [0.717, 1.165) is 37.6 Å². The highest BCUT2D eigenvalue weighted by Gasteiger charge is 2.24. The smallest absolute Gasteiger partial charge is 0.137 e. The molecule has 1 aliphatic rings. The summed E-state index contributed by atoms with van der Waals surface area (Å²) in [5.41, 5.74) is 0. The van der Waals surface area contributed by atoms with E-state index in [1.54, 1.807) is 13.3 Å². The molecule has 4 nitrogen and oxygen atoms in total. The van der Waals surface area contributed by atoms with E-state index in [4.69, 9.17) is 4.74 Å². The van der Waals surface area contributed by atoms with Gasteiger partial charge in [0.25, 0.3) is 0 Å². The molecule has 88 valence electrons. The maximum Gasteiger partial charge on any atom is 0.137 e. The fraction of sp³-hybridized carbons (Fsp3) is 0.583. The predicted octanol–water partition coefficient (Wildman–Crippen LogP) is 1.28. The van der Waals surface area contributed by atoms with Crippen LogP contribution in [-0.4, -0.2) is 37.8 Å². The van der Waals surface area contributed by atoms with E-state index in [9.17, 15) is 0 Å². The number of anilines is 1. The predicted molar refractivity (Wildman–Crippen MR) is 65.1 cm³/mol. The van der Waals surface area contributed by atoms with Gasteiger partial charge in [-0.25, -0.2) is 4.98 Å². The first-order valence-corrected chi connectivity index (χ1v) is 5.82. The van der Waals surface area contributed by atoms with E-state index in [2.05, 4.69) is 22.1 Å². The van der Waals surface area contributed by atoms with Crippen molar-refractivity contribution in [2.75, 3.05) is 31.6 Å². The van der Waals surface area contributed by atoms with Crippen LogP contribution in [0.4, 0.5) is 5.82 Å². The number of hydrogen-bond donors (Lipinski definition) is 1. The molecule has 0 aromatic carbocycles. The lowest BCUT2D eigenvalue weighted by Gasteiger charge is -2.39. The van der Waals surface area contributed by atoms with E-state index >= 15 is 0 Å². The lowest BCUT2D eigenvalue weighted by atomic mass is 10.1. The Kier molecular flexibility index (Phi) is 3.62. The van der Waals surface area contributed by atoms with Crippen molar-refractivity contribution >= 4 is 5.82 Å². The molecular weight excluding hydrogens is 202 g/mol. The zero-order valence-electron chi connectivity index (χ0n) is 9.94. The van der Waals surface area contributed by atoms with Crippen molar-refractivity contribution in [3.05, 3.63) is 18.3 Å². The van der Waals surface area contributed by atoms with Crippen molar-refractivity contribution in [2.24, 2.45) is 0 Å². The van der Waals surface area contributed by atoms with Gasteiger partial charge in [0.2, 0.25) is 0 Å². The number of hydrogen-bond acceptors (Lipinski definition) is 4. The molecule has 0 saturated carbocycles. The van der Waals surface area contributed by atoms with Crippen molar-refractivity contribution in [1.82, 2.24) is 10.3 Å². The average molecular weight is 221 g/mol. The molecule has 0 amide bonds. The highest BCUT2D eigenvalue weighted by molar-refractivity contribution is 5.42. The first kappa shape index (κ1) is 11.2. The van der Waals surface area contributed by atoms with Gasteiger partial charge in [0, 0.05) is 19.6 Å². The summed E-state index contributed by atoms with van der Waals surface area (Å²) >= 11 is 0. The monoisotopic (exact) mass is 221 g/mol. The molecule has 0 spiro atoms. The second kappa shape index (κ2) is 5.16. The van der Waals surface area contributed by atoms with E-state index in [1.165, 1.54) is 0 Å². The third-order valence-corrected chi connectivity index (χ3v) is 2.92. The molecule has 1 aromatic rings. The van der Waals surface area contributed by atoms with Gasteiger partial charge in [0.15, 0.2) is 0 Å². The first-order chi connectivity index (χ1) is 7.85. The van der Waals surface area contributed by atoms with Gasteiger partial charge >= 0.3 is 0 Å². The van der Waals surface area contributed by atoms with Gasteiger partial charge in [-0.2, -0.15) is 0 Å². The Labute approximate surface area is 96.6 Å². The normalized spacial score (nSPS) is 15.6. The highest BCUT2D eigenvalue weighted by Crippen LogP contribution is 2.19. The standard InChI is InChI=1S/C12H19N3O/c1-3-6-15(10-7-13-8-10)12-5-4-11(16-2)9-14-12/h4-5,9-10,13H,3,6-8H2,1-2H3. The number of rotatable bonds is 5. The maximum absolute atomic E-state index is 5.12. The molecule has 1 saturated heterocycles. The Balaban J connectivity index is 2.10. The lowest BCUT2D eigenvalue weighted by Crippen LogP contribution is -2.57. The average Bonchev–Trinajstić information content (AvgIpc) is 2.26. The minimum absolute atomic E-state index is 0.598. The minimum atomic E-state index is 0.598. The van der Waals surface area contributed by atoms with Gasteiger partial charge in [-0.1, -0.05) is 6.92 Å². The maximum atomic E-state index is 5.12. The Morgan fingerprint density at radius 2 is 2.31 bits per heavy atom. The third kappa shape index (κ3) is 2.27. The van der Waals surface area contributed by atoms with Gasteiger partial charge in [0.05, 0.1) is 19.3 Å². The van der Waals surface area contributed by atoms with Crippen LogP contribution < -0.4 is 15.0 Å². The van der Waals surface area contributed by atoms with Gasteiger partial charge in [-0.15, -0.1) is 0 Å². The molecule has 1 fully saturated rings. The van der Waals surface area contributed by atoms with Crippen molar-refractivity contribution in [3.63, 3.8) is 0 Å². The molecule has 1 aromatic heterocycles. The Bertz CT molecular complexity index is 322. The molecule has 0 atom stereocenters. The fourth-order valence-corrected chi connectivity index (χ4v) is 1.88. The van der Waals surface area contributed by atoms with E-state index in [1.807, 2.05) is 12.1 Å². The van der Waals surface area contributed by atoms with Crippen molar-refractivity contribution in [3.8, 4) is 5.75 Å². The second-order valence-corrected chi connectivity index (χ2v) is 4.06. The summed E-state index contributed by atoms with van der Waals surface area (Å²) in [6, 6.07) is 4.60. The summed E-state index contributed by atoms with van der Waals surface area (Å²) in [5, 5.41) is 3.30. The summed E-state index contributed by atoms with van der Waals surface area (Å²) < 4.78 is 5.12. The largest absolute Gasteiger partial charge is 0.495 e. The summed E-state index contributed by atoms with van der Waals surface area (Å²) in [5.74, 6) is 1.86. The van der Waals surface area contributed by atoms with Crippen molar-refractivity contribution in [2.45, 2.75) is 19.4 Å². The molecule has 0 unspecified atom stereocenters. The third-order valence-electron chi connectivity index (χ3n) is 2.92. The number of pyridine rings is 1. The number of ether oxygens (including phenoxy) is 1. The van der Waals surface area contributed by atoms with Gasteiger partial charge in [-0.05, 0) is 18.6 Å². The summed E-state index contributed by atoms with van der Waals surface area (Å²) in [7, 11) is 1.66. The number of methoxy groups -OCH3 is 1. The van der Waals surface area contributed by atoms with Crippen LogP contribution in [0.3, 0.4) is 0 Å². The van der Waals surface area contributed by atoms with Crippen LogP contribution in [0.2, 0.25) is 0 Å². The van der Waals surface area contributed by atoms with Crippen molar-refractivity contribution < 1.29 is 4.74 Å². The molecule has 2 heterocycles. The Morgan fingerprint density at radius 1 is 1.50 bits per heavy atom. The Morgan fingerprint density at radius 3 is 2.75 bits per heavy atom. The number of aromatic nitrogens is 1. The molecule has 0 bridgehead atoms. The number of nitrogens with one attached hydrogen (secondary N) is 1. The van der Waals surface area contributed by atoms with Crippen LogP contribution in [0.15, 0.2) is 18.3 Å². The summed E-state index contributed by atoms with van der Waals surface area (Å²) in [4.78, 5) is 6.82. The SMILES string of the molecule is CCCN(c1ccc(OC)cn1)C1CNC1. The molecule has 2 rings (SSSR count). The molecule has 0 radical (unpaired) electrons. The Hall–Kier alpha value is -1.29. The molecule has 4 heteroatoms. The quantitative estimate of drug-likeness (QED) is 0.812. The molecule has 1 N–H and O–H groups in total. The zero-order chi connectivity index (χ0) is 11.4. The molecule has 0 aliphatic carbocycles. The van der Waals surface area contributed by atoms with Gasteiger partial charge in [0.1, 0.15) is 11.6 Å². The van der Waals surface area contributed by atoms with Gasteiger partial charge < -0.3 is 15.0 Å². The van der Waals surface area contributed by atoms with Crippen LogP contribution in [-0.2, 0) is 0 Å². The van der Waals surface area contributed by atoms with Crippen LogP contribution in [0.25, 0.3) is 0 Å². The summed E-state index contributed by atoms with van der Waals surface area (Å²) in [6.45, 7) is 5.38. The molecular formula is C12H19N3O. The molecule has 16 heavy (non-hydrogen) atoms. The molecule has 1 aliphatic heterocycles. The van der Waals surface area contributed by atoms with E-state index in [0.29, 0.717) is 6.04 Å². The van der Waals surface area contributed by atoms with Crippen LogP contribution >= 0.6 is 0 Å². The van der Waals surface area contributed by atoms with Gasteiger partial charge in [-0.3, -0.25) is 0 Å². The van der Waals surface area contributed by atoms with Crippen LogP contribution in [0.5, 0.6) is 5.75 Å². The van der Waals surface area contributed by atoms with E-state index in [-0.39, 0.29) is 0 Å².